The second kappa shape index (κ2) is 6.59. The number of fused-ring (bicyclic) bond motifs is 3. The van der Waals surface area contributed by atoms with Gasteiger partial charge in [-0.3, -0.25) is 0 Å². The van der Waals surface area contributed by atoms with E-state index in [0.717, 1.165) is 18.2 Å². The van der Waals surface area contributed by atoms with Gasteiger partial charge >= 0.3 is 0 Å². The number of aromatic nitrogens is 6. The summed E-state index contributed by atoms with van der Waals surface area (Å²) in [7, 11) is 0. The van der Waals surface area contributed by atoms with Gasteiger partial charge in [0.2, 0.25) is 0 Å². The molecular weight excluding hydrogens is 409 g/mol. The number of phenolic OH excluding ortho intramolecular Hbond substituents is 1. The maximum Gasteiger partial charge on any atom is 0.162 e. The van der Waals surface area contributed by atoms with Crippen LogP contribution in [0.15, 0.2) is 48.9 Å². The van der Waals surface area contributed by atoms with Crippen molar-refractivity contribution in [3.8, 4) is 22.7 Å². The normalized spacial score (nSPS) is 29.6. The lowest BCUT2D eigenvalue weighted by Gasteiger charge is -2.45. The van der Waals surface area contributed by atoms with Gasteiger partial charge in [0.1, 0.15) is 11.9 Å². The van der Waals surface area contributed by atoms with Crippen LogP contribution in [0.2, 0.25) is 0 Å². The number of nitrogens with zero attached hydrogens (tertiary/aromatic N) is 6. The Bertz CT molecular complexity index is 1320. The molecule has 2 fully saturated rings. The third kappa shape index (κ3) is 2.84. The Balaban J connectivity index is 1.36. The van der Waals surface area contributed by atoms with E-state index in [9.17, 15) is 5.11 Å². The molecule has 0 saturated carbocycles. The first-order valence-corrected chi connectivity index (χ1v) is 10.8. The third-order valence-electron chi connectivity index (χ3n) is 7.15. The summed E-state index contributed by atoms with van der Waals surface area (Å²) in [4.78, 5) is 0. The molecule has 5 heterocycles. The Morgan fingerprint density at radius 1 is 1.12 bits per heavy atom. The van der Waals surface area contributed by atoms with Gasteiger partial charge in [0.15, 0.2) is 5.65 Å². The van der Waals surface area contributed by atoms with Crippen LogP contribution in [0.4, 0.5) is 4.39 Å². The van der Waals surface area contributed by atoms with E-state index in [1.807, 2.05) is 35.9 Å². The summed E-state index contributed by atoms with van der Waals surface area (Å²) >= 11 is 0. The lowest BCUT2D eigenvalue weighted by molar-refractivity contribution is 0.0583. The minimum atomic E-state index is -1.01. The predicted molar refractivity (Wildman–Crippen MR) is 117 cm³/mol. The molecule has 8 nitrogen and oxygen atoms in total. The quantitative estimate of drug-likeness (QED) is 0.513. The van der Waals surface area contributed by atoms with Gasteiger partial charge in [-0.05, 0) is 57.4 Å². The molecule has 9 heteroatoms. The fourth-order valence-electron chi connectivity index (χ4n) is 5.52. The highest BCUT2D eigenvalue weighted by atomic mass is 19.1. The first-order valence-electron chi connectivity index (χ1n) is 10.8. The smallest absolute Gasteiger partial charge is 0.162 e. The van der Waals surface area contributed by atoms with E-state index in [1.54, 1.807) is 29.2 Å². The van der Waals surface area contributed by atoms with E-state index in [-0.39, 0.29) is 17.3 Å². The molecule has 32 heavy (non-hydrogen) atoms. The van der Waals surface area contributed by atoms with Crippen molar-refractivity contribution in [1.29, 1.82) is 0 Å². The van der Waals surface area contributed by atoms with Crippen LogP contribution in [-0.2, 0) is 0 Å². The van der Waals surface area contributed by atoms with Crippen molar-refractivity contribution in [3.05, 3.63) is 48.9 Å². The first-order chi connectivity index (χ1) is 15.4. The van der Waals surface area contributed by atoms with Gasteiger partial charge in [-0.2, -0.15) is 0 Å². The minimum absolute atomic E-state index is 0.0659. The molecule has 1 aromatic carbocycles. The lowest BCUT2D eigenvalue weighted by Crippen LogP contribution is -2.60. The average Bonchev–Trinajstić information content (AvgIpc) is 3.50. The minimum Gasteiger partial charge on any atom is -0.507 e. The van der Waals surface area contributed by atoms with E-state index >= 15 is 4.39 Å². The topological polar surface area (TPSA) is 93.7 Å². The summed E-state index contributed by atoms with van der Waals surface area (Å²) < 4.78 is 19.1. The summed E-state index contributed by atoms with van der Waals surface area (Å²) in [6.45, 7) is 4.16. The Kier molecular flexibility index (Phi) is 3.98. The van der Waals surface area contributed by atoms with Crippen molar-refractivity contribution in [2.75, 3.05) is 0 Å². The number of phenols is 1. The van der Waals surface area contributed by atoms with Gasteiger partial charge in [-0.1, -0.05) is 5.21 Å². The van der Waals surface area contributed by atoms with Crippen LogP contribution in [0.1, 0.15) is 39.2 Å². The number of nitrogens with one attached hydrogen (secondary N) is 1. The number of aromatic hydroxyl groups is 1. The van der Waals surface area contributed by atoms with Crippen molar-refractivity contribution >= 4 is 11.0 Å². The van der Waals surface area contributed by atoms with Crippen LogP contribution in [-0.4, -0.2) is 52.1 Å². The number of rotatable bonds is 3. The third-order valence-corrected chi connectivity index (χ3v) is 7.15. The van der Waals surface area contributed by atoms with Crippen molar-refractivity contribution in [3.63, 3.8) is 0 Å². The second-order valence-electron chi connectivity index (χ2n) is 9.56. The first kappa shape index (κ1) is 19.4. The predicted octanol–water partition coefficient (Wildman–Crippen LogP) is 3.57. The number of hydrogen-bond acceptors (Lipinski definition) is 6. The van der Waals surface area contributed by atoms with E-state index in [2.05, 4.69) is 32.7 Å². The van der Waals surface area contributed by atoms with Gasteiger partial charge in [-0.15, -0.1) is 15.3 Å². The van der Waals surface area contributed by atoms with E-state index in [0.29, 0.717) is 29.0 Å². The summed E-state index contributed by atoms with van der Waals surface area (Å²) in [5.74, 6) is 0.0747. The molecule has 164 valence electrons. The van der Waals surface area contributed by atoms with Gasteiger partial charge in [0.25, 0.3) is 0 Å². The van der Waals surface area contributed by atoms with Crippen molar-refractivity contribution < 1.29 is 9.50 Å². The molecule has 4 atom stereocenters. The highest BCUT2D eigenvalue weighted by Gasteiger charge is 2.55. The maximum absolute atomic E-state index is 15.6. The number of hydrogen-bond donors (Lipinski definition) is 2. The summed E-state index contributed by atoms with van der Waals surface area (Å²) in [5, 5.41) is 31.5. The molecule has 2 bridgehead atoms. The second-order valence-corrected chi connectivity index (χ2v) is 9.56. The highest BCUT2D eigenvalue weighted by Crippen LogP contribution is 2.48. The number of halogens is 1. The summed E-state index contributed by atoms with van der Waals surface area (Å²) in [6, 6.07) is 8.76. The van der Waals surface area contributed by atoms with Gasteiger partial charge in [-0.25, -0.2) is 9.07 Å². The van der Waals surface area contributed by atoms with Crippen molar-refractivity contribution in [2.45, 2.75) is 56.4 Å². The molecule has 2 aliphatic rings. The zero-order chi connectivity index (χ0) is 22.1. The van der Waals surface area contributed by atoms with Crippen LogP contribution in [0, 0.1) is 0 Å². The summed E-state index contributed by atoms with van der Waals surface area (Å²) in [6.07, 6.45) is 6.69. The average molecular weight is 433 g/mol. The Hall–Kier alpha value is -3.33. The van der Waals surface area contributed by atoms with Crippen LogP contribution >= 0.6 is 0 Å². The molecule has 2 saturated heterocycles. The fraction of sp³-hybridized carbons (Fsp3) is 0.391. The van der Waals surface area contributed by atoms with Crippen LogP contribution < -0.4 is 5.32 Å². The van der Waals surface area contributed by atoms with Crippen LogP contribution in [0.25, 0.3) is 28.0 Å². The standard InChI is InChI=1S/C23H24FN7O/c1-22-6-7-23(2,28-22)20(24)18(13-22)30-9-5-14-11-17(26-27-21(14)30)16-4-3-15(12-19(16)32)31-10-8-25-29-31/h3-5,8-12,18,20,28,32H,6-7,13H2,1-2H3/t18-,20-,22-,23+/m1/s1. The Labute approximate surface area is 184 Å². The van der Waals surface area contributed by atoms with E-state index in [4.69, 9.17) is 0 Å². The molecule has 4 aromatic rings. The van der Waals surface area contributed by atoms with Crippen molar-refractivity contribution in [1.82, 2.24) is 35.1 Å². The Morgan fingerprint density at radius 3 is 2.78 bits per heavy atom. The fourth-order valence-corrected chi connectivity index (χ4v) is 5.52. The maximum atomic E-state index is 15.6. The summed E-state index contributed by atoms with van der Waals surface area (Å²) in [5.41, 5.74) is 1.90. The Morgan fingerprint density at radius 2 is 2.00 bits per heavy atom. The molecule has 6 rings (SSSR count). The largest absolute Gasteiger partial charge is 0.507 e. The van der Waals surface area contributed by atoms with E-state index in [1.165, 1.54) is 0 Å². The molecule has 0 spiro atoms. The lowest BCUT2D eigenvalue weighted by atomic mass is 9.83. The molecule has 0 amide bonds. The van der Waals surface area contributed by atoms with Crippen LogP contribution in [0.5, 0.6) is 5.75 Å². The molecule has 2 aliphatic heterocycles. The molecule has 3 aromatic heterocycles. The molecule has 0 aliphatic carbocycles. The van der Waals surface area contributed by atoms with Gasteiger partial charge in [0, 0.05) is 34.3 Å². The van der Waals surface area contributed by atoms with Crippen LogP contribution in [0.3, 0.4) is 0 Å². The van der Waals surface area contributed by atoms with E-state index < -0.39 is 11.7 Å². The molecule has 0 radical (unpaired) electrons. The number of piperidine rings is 1. The zero-order valence-corrected chi connectivity index (χ0v) is 17.9. The SMILES string of the molecule is C[C@]12CC[C@](C)(N1)[C@H](F)[C@H](n1ccc3cc(-c4ccc(-n5ccnn5)cc4O)nnc31)C2. The van der Waals surface area contributed by atoms with Gasteiger partial charge in [0.05, 0.1) is 29.8 Å². The monoisotopic (exact) mass is 433 g/mol. The number of alkyl halides is 1. The highest BCUT2D eigenvalue weighted by molar-refractivity contribution is 5.81. The zero-order valence-electron chi connectivity index (χ0n) is 17.9. The van der Waals surface area contributed by atoms with Gasteiger partial charge < -0.3 is 15.0 Å². The molecule has 2 N–H and O–H groups in total. The number of benzene rings is 1. The van der Waals surface area contributed by atoms with Crippen molar-refractivity contribution in [2.24, 2.45) is 0 Å². The molecular formula is C23H24FN7O. The molecule has 0 unspecified atom stereocenters.